The van der Waals surface area contributed by atoms with E-state index in [1.165, 1.54) is 17.3 Å². The first kappa shape index (κ1) is 20.0. The Morgan fingerprint density at radius 1 is 0.889 bits per heavy atom. The summed E-state index contributed by atoms with van der Waals surface area (Å²) in [4.78, 5) is 14.3. The van der Waals surface area contributed by atoms with Crippen molar-refractivity contribution >= 4 is 40.7 Å². The van der Waals surface area contributed by atoms with Crippen molar-refractivity contribution in [3.05, 3.63) is 100 Å². The van der Waals surface area contributed by atoms with Crippen LogP contribution in [0, 0.1) is 13.8 Å². The SMILES string of the molecule is Cc1ccc(S[C@H](C(=O)c2ccc(C)cc2)[C@@H](Cl)c2cccc(Cl)c2)cc1. The van der Waals surface area contributed by atoms with Crippen LogP contribution in [-0.2, 0) is 0 Å². The Morgan fingerprint density at radius 3 is 2.07 bits per heavy atom. The number of Topliss-reactive ketones (excluding diaryl/α,β-unsaturated/α-hetero) is 1. The average Bonchev–Trinajstić information content (AvgIpc) is 2.67. The molecule has 0 heterocycles. The average molecular weight is 415 g/mol. The highest BCUT2D eigenvalue weighted by Gasteiger charge is 2.30. The molecule has 0 saturated heterocycles. The van der Waals surface area contributed by atoms with Crippen LogP contribution in [-0.4, -0.2) is 11.0 Å². The Kier molecular flexibility index (Phi) is 6.64. The third-order valence-electron chi connectivity index (χ3n) is 4.31. The molecular weight excluding hydrogens is 395 g/mol. The summed E-state index contributed by atoms with van der Waals surface area (Å²) in [6.45, 7) is 4.04. The van der Waals surface area contributed by atoms with Crippen LogP contribution >= 0.6 is 35.0 Å². The molecule has 0 saturated carbocycles. The monoisotopic (exact) mass is 414 g/mol. The number of benzene rings is 3. The number of thioether (sulfide) groups is 1. The van der Waals surface area contributed by atoms with E-state index in [9.17, 15) is 4.79 Å². The Hall–Kier alpha value is -1.74. The molecule has 0 aliphatic rings. The van der Waals surface area contributed by atoms with Gasteiger partial charge in [0.05, 0.1) is 10.6 Å². The maximum Gasteiger partial charge on any atom is 0.178 e. The van der Waals surface area contributed by atoms with Gasteiger partial charge >= 0.3 is 0 Å². The van der Waals surface area contributed by atoms with E-state index in [1.54, 1.807) is 6.07 Å². The lowest BCUT2D eigenvalue weighted by atomic mass is 10.0. The Morgan fingerprint density at radius 2 is 1.48 bits per heavy atom. The molecule has 0 fully saturated rings. The van der Waals surface area contributed by atoms with E-state index in [0.29, 0.717) is 10.6 Å². The van der Waals surface area contributed by atoms with Crippen LogP contribution in [0.5, 0.6) is 0 Å². The zero-order valence-corrected chi connectivity index (χ0v) is 17.5. The van der Waals surface area contributed by atoms with Gasteiger partial charge in [-0.2, -0.15) is 0 Å². The summed E-state index contributed by atoms with van der Waals surface area (Å²) in [5.41, 5.74) is 3.80. The number of hydrogen-bond donors (Lipinski definition) is 0. The van der Waals surface area contributed by atoms with Crippen molar-refractivity contribution in [2.75, 3.05) is 0 Å². The molecule has 1 nitrogen and oxygen atoms in total. The highest BCUT2D eigenvalue weighted by Crippen LogP contribution is 2.39. The third-order valence-corrected chi connectivity index (χ3v) is 6.48. The van der Waals surface area contributed by atoms with E-state index in [2.05, 4.69) is 0 Å². The molecule has 0 aliphatic heterocycles. The highest BCUT2D eigenvalue weighted by molar-refractivity contribution is 8.00. The highest BCUT2D eigenvalue weighted by atomic mass is 35.5. The summed E-state index contributed by atoms with van der Waals surface area (Å²) in [5.74, 6) is 0.0144. The van der Waals surface area contributed by atoms with Crippen molar-refractivity contribution in [1.82, 2.24) is 0 Å². The van der Waals surface area contributed by atoms with Gasteiger partial charge in [0.2, 0.25) is 0 Å². The number of carbonyl (C=O) groups excluding carboxylic acids is 1. The van der Waals surface area contributed by atoms with Crippen LogP contribution in [0.1, 0.15) is 32.4 Å². The molecule has 0 aromatic heterocycles. The lowest BCUT2D eigenvalue weighted by molar-refractivity contribution is 0.0988. The number of alkyl halides is 1. The molecule has 0 amide bonds. The molecule has 0 spiro atoms. The first-order valence-corrected chi connectivity index (χ1v) is 10.4. The minimum Gasteiger partial charge on any atom is -0.293 e. The number of halogens is 2. The van der Waals surface area contributed by atoms with Crippen LogP contribution in [0.15, 0.2) is 77.7 Å². The van der Waals surface area contributed by atoms with Gasteiger partial charge in [0.1, 0.15) is 0 Å². The summed E-state index contributed by atoms with van der Waals surface area (Å²) < 4.78 is 0. The Labute approximate surface area is 174 Å². The fourth-order valence-electron chi connectivity index (χ4n) is 2.74. The predicted octanol–water partition coefficient (Wildman–Crippen LogP) is 7.28. The van der Waals surface area contributed by atoms with E-state index >= 15 is 0 Å². The molecule has 138 valence electrons. The smallest absolute Gasteiger partial charge is 0.178 e. The number of hydrogen-bond acceptors (Lipinski definition) is 2. The zero-order chi connectivity index (χ0) is 19.4. The van der Waals surface area contributed by atoms with Crippen LogP contribution in [0.2, 0.25) is 5.02 Å². The van der Waals surface area contributed by atoms with Gasteiger partial charge in [-0.1, -0.05) is 71.3 Å². The van der Waals surface area contributed by atoms with Crippen molar-refractivity contribution in [3.63, 3.8) is 0 Å². The second kappa shape index (κ2) is 8.97. The van der Waals surface area contributed by atoms with Gasteiger partial charge in [0.15, 0.2) is 5.78 Å². The minimum absolute atomic E-state index is 0.0144. The predicted molar refractivity (Wildman–Crippen MR) is 116 cm³/mol. The second-order valence-corrected chi connectivity index (χ2v) is 8.66. The summed E-state index contributed by atoms with van der Waals surface area (Å²) in [6, 6.07) is 23.1. The summed E-state index contributed by atoms with van der Waals surface area (Å²) in [5, 5.41) is -0.348. The van der Waals surface area contributed by atoms with Crippen LogP contribution in [0.3, 0.4) is 0 Å². The molecular formula is C23H20Cl2OS. The molecule has 0 N–H and O–H groups in total. The maximum absolute atomic E-state index is 13.3. The second-order valence-electron chi connectivity index (χ2n) is 6.54. The van der Waals surface area contributed by atoms with Gasteiger partial charge in [0, 0.05) is 15.5 Å². The molecule has 3 aromatic carbocycles. The van der Waals surface area contributed by atoms with E-state index in [0.717, 1.165) is 16.0 Å². The van der Waals surface area contributed by atoms with Gasteiger partial charge in [-0.15, -0.1) is 23.4 Å². The fraction of sp³-hybridized carbons (Fsp3) is 0.174. The number of carbonyl (C=O) groups is 1. The molecule has 0 bridgehead atoms. The lowest BCUT2D eigenvalue weighted by Gasteiger charge is -2.22. The first-order valence-electron chi connectivity index (χ1n) is 8.68. The van der Waals surface area contributed by atoms with Gasteiger partial charge in [-0.25, -0.2) is 0 Å². The molecule has 0 aliphatic carbocycles. The molecule has 0 unspecified atom stereocenters. The topological polar surface area (TPSA) is 17.1 Å². The molecule has 3 aromatic rings. The molecule has 3 rings (SSSR count). The van der Waals surface area contributed by atoms with Crippen LogP contribution in [0.4, 0.5) is 0 Å². The Balaban J connectivity index is 1.95. The van der Waals surface area contributed by atoms with Gasteiger partial charge < -0.3 is 0 Å². The summed E-state index contributed by atoms with van der Waals surface area (Å²) >= 11 is 14.4. The normalized spacial score (nSPS) is 13.2. The first-order chi connectivity index (χ1) is 12.9. The fourth-order valence-corrected chi connectivity index (χ4v) is 4.45. The van der Waals surface area contributed by atoms with E-state index < -0.39 is 10.6 Å². The van der Waals surface area contributed by atoms with Gasteiger partial charge in [0.25, 0.3) is 0 Å². The summed E-state index contributed by atoms with van der Waals surface area (Å²) in [6.07, 6.45) is 0. The molecule has 0 radical (unpaired) electrons. The molecule has 27 heavy (non-hydrogen) atoms. The standard InChI is InChI=1S/C23H20Cl2OS/c1-15-6-10-17(11-7-15)22(26)23(27-20-12-8-16(2)9-13-20)21(25)18-4-3-5-19(24)14-18/h3-14,21,23H,1-2H3/t21-,23-/m0/s1. The van der Waals surface area contributed by atoms with Crippen molar-refractivity contribution in [2.45, 2.75) is 29.4 Å². The number of aryl methyl sites for hydroxylation is 2. The van der Waals surface area contributed by atoms with Crippen molar-refractivity contribution in [3.8, 4) is 0 Å². The lowest BCUT2D eigenvalue weighted by Crippen LogP contribution is -2.22. The Bertz CT molecular complexity index is 920. The number of ketones is 1. The van der Waals surface area contributed by atoms with Crippen molar-refractivity contribution in [2.24, 2.45) is 0 Å². The van der Waals surface area contributed by atoms with E-state index in [4.69, 9.17) is 23.2 Å². The third kappa shape index (κ3) is 5.16. The largest absolute Gasteiger partial charge is 0.293 e. The van der Waals surface area contributed by atoms with Crippen LogP contribution < -0.4 is 0 Å². The van der Waals surface area contributed by atoms with E-state index in [-0.39, 0.29) is 5.78 Å². The number of rotatable bonds is 6. The zero-order valence-electron chi connectivity index (χ0n) is 15.2. The summed E-state index contributed by atoms with van der Waals surface area (Å²) in [7, 11) is 0. The van der Waals surface area contributed by atoms with Crippen LogP contribution in [0.25, 0.3) is 0 Å². The van der Waals surface area contributed by atoms with Gasteiger partial charge in [-0.3, -0.25) is 4.79 Å². The minimum atomic E-state index is -0.496. The van der Waals surface area contributed by atoms with E-state index in [1.807, 2.05) is 80.6 Å². The van der Waals surface area contributed by atoms with Crippen molar-refractivity contribution in [1.29, 1.82) is 0 Å². The quantitative estimate of drug-likeness (QED) is 0.239. The molecule has 2 atom stereocenters. The van der Waals surface area contributed by atoms with Gasteiger partial charge in [-0.05, 0) is 43.7 Å². The van der Waals surface area contributed by atoms with Crippen molar-refractivity contribution < 1.29 is 4.79 Å². The maximum atomic E-state index is 13.3. The molecule has 4 heteroatoms.